The van der Waals surface area contributed by atoms with E-state index < -0.39 is 10.0 Å². The molecule has 2 heterocycles. The molecule has 8 nitrogen and oxygen atoms in total. The summed E-state index contributed by atoms with van der Waals surface area (Å²) in [6.07, 6.45) is 7.88. The number of carbonyl (C=O) groups is 1. The molecule has 0 radical (unpaired) electrons. The number of anilines is 2. The Bertz CT molecular complexity index is 1200. The predicted molar refractivity (Wildman–Crippen MR) is 163 cm³/mol. The SMILES string of the molecule is CCCCCCCCS(=O)(=O)Nc1ccc(N2CCc3ccccc3C2)c(C(=O)NCCCN2CCOCC2)c1. The molecule has 2 N–H and O–H groups in total. The lowest BCUT2D eigenvalue weighted by Crippen LogP contribution is -2.38. The maximum Gasteiger partial charge on any atom is 0.253 e. The fraction of sp³-hybridized carbons (Fsp3) is 0.581. The molecule has 0 atom stereocenters. The van der Waals surface area contributed by atoms with Crippen molar-refractivity contribution in [3.63, 3.8) is 0 Å². The summed E-state index contributed by atoms with van der Waals surface area (Å²) < 4.78 is 33.8. The molecule has 0 bridgehead atoms. The number of amides is 1. The van der Waals surface area contributed by atoms with Crippen molar-refractivity contribution in [1.82, 2.24) is 10.2 Å². The molecule has 2 aliphatic heterocycles. The van der Waals surface area contributed by atoms with Gasteiger partial charge in [-0.25, -0.2) is 8.42 Å². The number of benzene rings is 2. The van der Waals surface area contributed by atoms with Crippen LogP contribution in [0.1, 0.15) is 73.4 Å². The van der Waals surface area contributed by atoms with Crippen LogP contribution in [0.25, 0.3) is 0 Å². The summed E-state index contributed by atoms with van der Waals surface area (Å²) in [6, 6.07) is 13.8. The Labute approximate surface area is 240 Å². The monoisotopic (exact) mass is 570 g/mol. The van der Waals surface area contributed by atoms with Gasteiger partial charge in [-0.15, -0.1) is 0 Å². The van der Waals surface area contributed by atoms with Gasteiger partial charge in [0.1, 0.15) is 0 Å². The van der Waals surface area contributed by atoms with E-state index in [0.29, 0.717) is 24.2 Å². The molecule has 0 unspecified atom stereocenters. The van der Waals surface area contributed by atoms with E-state index in [4.69, 9.17) is 4.74 Å². The second kappa shape index (κ2) is 15.4. The number of sulfonamides is 1. The van der Waals surface area contributed by atoms with E-state index in [-0.39, 0.29) is 11.7 Å². The van der Waals surface area contributed by atoms with Crippen LogP contribution in [0.4, 0.5) is 11.4 Å². The van der Waals surface area contributed by atoms with Crippen LogP contribution in [-0.2, 0) is 27.7 Å². The molecule has 1 saturated heterocycles. The van der Waals surface area contributed by atoms with Gasteiger partial charge in [0, 0.05) is 44.1 Å². The first-order chi connectivity index (χ1) is 19.4. The highest BCUT2D eigenvalue weighted by molar-refractivity contribution is 7.92. The fourth-order valence-electron chi connectivity index (χ4n) is 5.49. The number of ether oxygens (including phenoxy) is 1. The van der Waals surface area contributed by atoms with Gasteiger partial charge in [-0.1, -0.05) is 63.3 Å². The van der Waals surface area contributed by atoms with Crippen LogP contribution in [0.15, 0.2) is 42.5 Å². The number of fused-ring (bicyclic) bond motifs is 1. The summed E-state index contributed by atoms with van der Waals surface area (Å²) in [5.74, 6) is -0.0832. The van der Waals surface area contributed by atoms with Crippen molar-refractivity contribution in [2.45, 2.75) is 64.8 Å². The van der Waals surface area contributed by atoms with E-state index >= 15 is 0 Å². The number of rotatable bonds is 15. The van der Waals surface area contributed by atoms with E-state index in [2.05, 4.69) is 45.0 Å². The Morgan fingerprint density at radius 1 is 0.925 bits per heavy atom. The normalized spacial score (nSPS) is 16.0. The van der Waals surface area contributed by atoms with Crippen LogP contribution in [0.2, 0.25) is 0 Å². The molecule has 0 spiro atoms. The molecule has 2 aromatic rings. The van der Waals surface area contributed by atoms with Gasteiger partial charge < -0.3 is 15.0 Å². The Kier molecular flexibility index (Phi) is 11.7. The standard InChI is InChI=1S/C31H46N4O4S/c1-2-3-4-5-6-9-23-40(37,38)33-28-13-14-30(35-18-15-26-11-7-8-12-27(26)25-35)29(24-28)31(36)32-16-10-17-34-19-21-39-22-20-34/h7-8,11-14,24,33H,2-6,9-10,15-23,25H2,1H3,(H,32,36). The largest absolute Gasteiger partial charge is 0.379 e. The summed E-state index contributed by atoms with van der Waals surface area (Å²) in [4.78, 5) is 18.0. The summed E-state index contributed by atoms with van der Waals surface area (Å²) in [7, 11) is -3.49. The molecular weight excluding hydrogens is 524 g/mol. The van der Waals surface area contributed by atoms with Gasteiger partial charge in [0.2, 0.25) is 10.0 Å². The number of hydrogen-bond acceptors (Lipinski definition) is 6. The van der Waals surface area contributed by atoms with Gasteiger partial charge >= 0.3 is 0 Å². The number of nitrogens with one attached hydrogen (secondary N) is 2. The topological polar surface area (TPSA) is 91.0 Å². The minimum Gasteiger partial charge on any atom is -0.379 e. The maximum atomic E-state index is 13.5. The van der Waals surface area contributed by atoms with Gasteiger partial charge in [0.15, 0.2) is 0 Å². The molecule has 40 heavy (non-hydrogen) atoms. The molecule has 0 saturated carbocycles. The molecule has 2 aliphatic rings. The van der Waals surface area contributed by atoms with Crippen molar-refractivity contribution in [3.8, 4) is 0 Å². The first-order valence-corrected chi connectivity index (χ1v) is 16.6. The third kappa shape index (κ3) is 9.21. The van der Waals surface area contributed by atoms with Gasteiger partial charge in [-0.05, 0) is 55.1 Å². The number of unbranched alkanes of at least 4 members (excludes halogenated alkanes) is 5. The van der Waals surface area contributed by atoms with Crippen LogP contribution in [0, 0.1) is 0 Å². The van der Waals surface area contributed by atoms with Crippen LogP contribution >= 0.6 is 0 Å². The predicted octanol–water partition coefficient (Wildman–Crippen LogP) is 4.80. The maximum absolute atomic E-state index is 13.5. The molecule has 0 aliphatic carbocycles. The lowest BCUT2D eigenvalue weighted by atomic mass is 9.98. The van der Waals surface area contributed by atoms with Gasteiger partial charge in [-0.2, -0.15) is 0 Å². The minimum absolute atomic E-state index is 0.0901. The average Bonchev–Trinajstić information content (AvgIpc) is 2.97. The summed E-state index contributed by atoms with van der Waals surface area (Å²) in [5.41, 5.74) is 4.37. The van der Waals surface area contributed by atoms with Crippen LogP contribution < -0.4 is 14.9 Å². The second-order valence-corrected chi connectivity index (χ2v) is 12.8. The van der Waals surface area contributed by atoms with E-state index in [1.54, 1.807) is 12.1 Å². The van der Waals surface area contributed by atoms with E-state index in [1.165, 1.54) is 24.0 Å². The Hall–Kier alpha value is -2.62. The molecule has 2 aromatic carbocycles. The molecule has 0 aromatic heterocycles. The Balaban J connectivity index is 1.42. The number of hydrogen-bond donors (Lipinski definition) is 2. The molecule has 4 rings (SSSR count). The number of carbonyl (C=O) groups excluding carboxylic acids is 1. The zero-order chi connectivity index (χ0) is 28.2. The van der Waals surface area contributed by atoms with Crippen LogP contribution in [0.5, 0.6) is 0 Å². The Morgan fingerprint density at radius 2 is 1.68 bits per heavy atom. The zero-order valence-corrected chi connectivity index (χ0v) is 24.8. The molecule has 9 heteroatoms. The van der Waals surface area contributed by atoms with E-state index in [0.717, 1.165) is 83.7 Å². The minimum atomic E-state index is -3.49. The van der Waals surface area contributed by atoms with Gasteiger partial charge in [-0.3, -0.25) is 14.4 Å². The van der Waals surface area contributed by atoms with Crippen molar-refractivity contribution in [1.29, 1.82) is 0 Å². The average molecular weight is 571 g/mol. The van der Waals surface area contributed by atoms with Gasteiger partial charge in [0.05, 0.1) is 24.5 Å². The lowest BCUT2D eigenvalue weighted by Gasteiger charge is -2.32. The number of nitrogens with zero attached hydrogens (tertiary/aromatic N) is 2. The highest BCUT2D eigenvalue weighted by Gasteiger charge is 2.23. The molecular formula is C31H46N4O4S. The third-order valence-corrected chi connectivity index (χ3v) is 9.17. The van der Waals surface area contributed by atoms with E-state index in [1.807, 2.05) is 12.1 Å². The quantitative estimate of drug-likeness (QED) is 0.299. The van der Waals surface area contributed by atoms with Crippen molar-refractivity contribution in [3.05, 3.63) is 59.2 Å². The first kappa shape index (κ1) is 30.3. The molecule has 1 fully saturated rings. The van der Waals surface area contributed by atoms with Crippen LogP contribution in [0.3, 0.4) is 0 Å². The first-order valence-electron chi connectivity index (χ1n) is 15.0. The summed E-state index contributed by atoms with van der Waals surface area (Å²) in [6.45, 7) is 8.54. The molecule has 220 valence electrons. The number of morpholine rings is 1. The Morgan fingerprint density at radius 3 is 2.48 bits per heavy atom. The third-order valence-electron chi connectivity index (χ3n) is 7.79. The fourth-order valence-corrected chi connectivity index (χ4v) is 6.66. The van der Waals surface area contributed by atoms with Crippen molar-refractivity contribution in [2.24, 2.45) is 0 Å². The smallest absolute Gasteiger partial charge is 0.253 e. The van der Waals surface area contributed by atoms with Crippen molar-refractivity contribution in [2.75, 3.05) is 61.3 Å². The second-order valence-electron chi connectivity index (χ2n) is 10.9. The molecule has 1 amide bonds. The zero-order valence-electron chi connectivity index (χ0n) is 24.0. The summed E-state index contributed by atoms with van der Waals surface area (Å²) in [5, 5.41) is 3.09. The highest BCUT2D eigenvalue weighted by Crippen LogP contribution is 2.30. The lowest BCUT2D eigenvalue weighted by molar-refractivity contribution is 0.0374. The van der Waals surface area contributed by atoms with Gasteiger partial charge in [0.25, 0.3) is 5.91 Å². The van der Waals surface area contributed by atoms with Crippen molar-refractivity contribution < 1.29 is 17.9 Å². The van der Waals surface area contributed by atoms with Crippen LogP contribution in [-0.4, -0.2) is 70.9 Å². The highest BCUT2D eigenvalue weighted by atomic mass is 32.2. The summed E-state index contributed by atoms with van der Waals surface area (Å²) >= 11 is 0. The van der Waals surface area contributed by atoms with E-state index in [9.17, 15) is 13.2 Å². The van der Waals surface area contributed by atoms with Crippen molar-refractivity contribution >= 4 is 27.3 Å².